The minimum absolute atomic E-state index is 0.0698. The number of H-pyrrole nitrogens is 1. The SMILES string of the molecule is O=C(NCc1ccc(=O)[nH]c1)c1cc([N+](=O)[O-])cc(C(F)(F)F)c1. The number of carbonyl (C=O) groups is 1. The van der Waals surface area contributed by atoms with Crippen LogP contribution >= 0.6 is 0 Å². The fourth-order valence-corrected chi connectivity index (χ4v) is 1.85. The lowest BCUT2D eigenvalue weighted by molar-refractivity contribution is -0.385. The largest absolute Gasteiger partial charge is 0.416 e. The standard InChI is InChI=1S/C14H10F3N3O4/c15-14(16,17)10-3-9(4-11(5-10)20(23)24)13(22)19-7-8-1-2-12(21)18-6-8/h1-6H,7H2,(H,18,21)(H,19,22). The molecule has 10 heteroatoms. The van der Waals surface area contributed by atoms with Crippen molar-refractivity contribution in [3.8, 4) is 0 Å². The van der Waals surface area contributed by atoms with Crippen LogP contribution in [0.4, 0.5) is 18.9 Å². The zero-order chi connectivity index (χ0) is 17.9. The fraction of sp³-hybridized carbons (Fsp3) is 0.143. The van der Waals surface area contributed by atoms with E-state index in [-0.39, 0.29) is 12.1 Å². The van der Waals surface area contributed by atoms with Crippen LogP contribution in [-0.2, 0) is 12.7 Å². The average Bonchev–Trinajstić information content (AvgIpc) is 2.52. The number of nitro benzene ring substituents is 1. The molecule has 0 spiro atoms. The molecular weight excluding hydrogens is 331 g/mol. The molecule has 2 aromatic rings. The van der Waals surface area contributed by atoms with Crippen LogP contribution in [0, 0.1) is 10.1 Å². The van der Waals surface area contributed by atoms with Crippen molar-refractivity contribution >= 4 is 11.6 Å². The van der Waals surface area contributed by atoms with Gasteiger partial charge in [0.1, 0.15) is 0 Å². The smallest absolute Gasteiger partial charge is 0.348 e. The molecule has 0 aliphatic rings. The van der Waals surface area contributed by atoms with Gasteiger partial charge in [0.15, 0.2) is 0 Å². The highest BCUT2D eigenvalue weighted by molar-refractivity contribution is 5.95. The summed E-state index contributed by atoms with van der Waals surface area (Å²) in [5.41, 5.74) is -2.45. The number of nitro groups is 1. The van der Waals surface area contributed by atoms with E-state index in [0.717, 1.165) is 6.07 Å². The molecular formula is C14H10F3N3O4. The molecule has 1 aromatic carbocycles. The lowest BCUT2D eigenvalue weighted by Gasteiger charge is -2.09. The first kappa shape index (κ1) is 17.2. The van der Waals surface area contributed by atoms with E-state index in [1.54, 1.807) is 0 Å². The number of alkyl halides is 3. The quantitative estimate of drug-likeness (QED) is 0.657. The number of aromatic nitrogens is 1. The van der Waals surface area contributed by atoms with Crippen LogP contribution in [0.5, 0.6) is 0 Å². The first-order chi connectivity index (χ1) is 11.2. The van der Waals surface area contributed by atoms with E-state index in [0.29, 0.717) is 17.7 Å². The predicted octanol–water partition coefficient (Wildman–Crippen LogP) is 2.23. The minimum atomic E-state index is -4.82. The lowest BCUT2D eigenvalue weighted by atomic mass is 10.1. The second-order valence-corrected chi connectivity index (χ2v) is 4.77. The van der Waals surface area contributed by atoms with Crippen molar-refractivity contribution in [2.45, 2.75) is 12.7 Å². The number of halogens is 3. The van der Waals surface area contributed by atoms with E-state index in [4.69, 9.17) is 0 Å². The van der Waals surface area contributed by atoms with Gasteiger partial charge in [0, 0.05) is 36.5 Å². The lowest BCUT2D eigenvalue weighted by Crippen LogP contribution is -2.24. The number of rotatable bonds is 4. The summed E-state index contributed by atoms with van der Waals surface area (Å²) in [6.07, 6.45) is -3.49. The molecule has 0 aliphatic carbocycles. The summed E-state index contributed by atoms with van der Waals surface area (Å²) in [6, 6.07) is 4.30. The third-order valence-electron chi connectivity index (χ3n) is 3.02. The molecule has 1 amide bonds. The number of benzene rings is 1. The van der Waals surface area contributed by atoms with Crippen LogP contribution in [0.2, 0.25) is 0 Å². The second-order valence-electron chi connectivity index (χ2n) is 4.77. The van der Waals surface area contributed by atoms with E-state index in [2.05, 4.69) is 10.3 Å². The molecule has 0 saturated heterocycles. The van der Waals surface area contributed by atoms with Gasteiger partial charge < -0.3 is 10.3 Å². The number of hydrogen-bond donors (Lipinski definition) is 2. The summed E-state index contributed by atoms with van der Waals surface area (Å²) in [4.78, 5) is 35.0. The van der Waals surface area contributed by atoms with Crippen molar-refractivity contribution in [2.75, 3.05) is 0 Å². The van der Waals surface area contributed by atoms with E-state index in [1.807, 2.05) is 0 Å². The summed E-state index contributed by atoms with van der Waals surface area (Å²) in [5, 5.41) is 13.1. The number of aromatic amines is 1. The van der Waals surface area contributed by atoms with Gasteiger partial charge in [0.25, 0.3) is 11.6 Å². The minimum Gasteiger partial charge on any atom is -0.348 e. The molecule has 0 unspecified atom stereocenters. The van der Waals surface area contributed by atoms with Crippen LogP contribution in [0.1, 0.15) is 21.5 Å². The summed E-state index contributed by atoms with van der Waals surface area (Å²) in [7, 11) is 0. The van der Waals surface area contributed by atoms with Gasteiger partial charge in [-0.15, -0.1) is 0 Å². The highest BCUT2D eigenvalue weighted by Crippen LogP contribution is 2.32. The van der Waals surface area contributed by atoms with Gasteiger partial charge in [-0.3, -0.25) is 19.7 Å². The molecule has 126 valence electrons. The molecule has 0 saturated carbocycles. The molecule has 0 fully saturated rings. The fourth-order valence-electron chi connectivity index (χ4n) is 1.85. The Balaban J connectivity index is 2.24. The molecule has 2 N–H and O–H groups in total. The maximum atomic E-state index is 12.8. The Hall–Kier alpha value is -3.17. The number of carbonyl (C=O) groups excluding carboxylic acids is 1. The van der Waals surface area contributed by atoms with Gasteiger partial charge in [0.05, 0.1) is 10.5 Å². The summed E-state index contributed by atoms with van der Waals surface area (Å²) < 4.78 is 38.3. The van der Waals surface area contributed by atoms with Crippen molar-refractivity contribution in [3.63, 3.8) is 0 Å². The number of nitrogens with one attached hydrogen (secondary N) is 2. The molecule has 0 aliphatic heterocycles. The highest BCUT2D eigenvalue weighted by Gasteiger charge is 2.33. The van der Waals surface area contributed by atoms with Crippen LogP contribution in [0.3, 0.4) is 0 Å². The normalized spacial score (nSPS) is 11.1. The van der Waals surface area contributed by atoms with Crippen molar-refractivity contribution in [1.82, 2.24) is 10.3 Å². The van der Waals surface area contributed by atoms with Gasteiger partial charge in [0.2, 0.25) is 5.56 Å². The number of hydrogen-bond acceptors (Lipinski definition) is 4. The maximum Gasteiger partial charge on any atom is 0.416 e. The van der Waals surface area contributed by atoms with Crippen molar-refractivity contribution in [1.29, 1.82) is 0 Å². The average molecular weight is 341 g/mol. The number of non-ortho nitro benzene ring substituents is 1. The molecule has 1 aromatic heterocycles. The van der Waals surface area contributed by atoms with Gasteiger partial charge in [-0.2, -0.15) is 13.2 Å². The van der Waals surface area contributed by atoms with E-state index in [1.165, 1.54) is 18.3 Å². The van der Waals surface area contributed by atoms with E-state index >= 15 is 0 Å². The summed E-state index contributed by atoms with van der Waals surface area (Å²) in [5.74, 6) is -0.907. The topological polar surface area (TPSA) is 105 Å². The Kier molecular flexibility index (Phi) is 4.67. The first-order valence-corrected chi connectivity index (χ1v) is 6.49. The Morgan fingerprint density at radius 3 is 2.50 bits per heavy atom. The molecule has 0 radical (unpaired) electrons. The number of pyridine rings is 1. The highest BCUT2D eigenvalue weighted by atomic mass is 19.4. The van der Waals surface area contributed by atoms with Crippen molar-refractivity contribution in [2.24, 2.45) is 0 Å². The third-order valence-corrected chi connectivity index (χ3v) is 3.02. The number of amides is 1. The molecule has 0 atom stereocenters. The van der Waals surface area contributed by atoms with Gasteiger partial charge in [-0.05, 0) is 11.6 Å². The Labute approximate surface area is 132 Å². The molecule has 24 heavy (non-hydrogen) atoms. The second kappa shape index (κ2) is 6.52. The molecule has 0 bridgehead atoms. The van der Waals surface area contributed by atoms with Gasteiger partial charge >= 0.3 is 6.18 Å². The van der Waals surface area contributed by atoms with Crippen molar-refractivity contribution in [3.05, 3.63) is 73.7 Å². The molecule has 7 nitrogen and oxygen atoms in total. The Morgan fingerprint density at radius 1 is 1.25 bits per heavy atom. The monoisotopic (exact) mass is 341 g/mol. The van der Waals surface area contributed by atoms with Gasteiger partial charge in [-0.1, -0.05) is 6.07 Å². The van der Waals surface area contributed by atoms with E-state index < -0.39 is 33.8 Å². The summed E-state index contributed by atoms with van der Waals surface area (Å²) >= 11 is 0. The van der Waals surface area contributed by atoms with Crippen LogP contribution < -0.4 is 10.9 Å². The number of nitrogens with zero attached hydrogens (tertiary/aromatic N) is 1. The zero-order valence-corrected chi connectivity index (χ0v) is 11.9. The van der Waals surface area contributed by atoms with Crippen LogP contribution in [-0.4, -0.2) is 15.8 Å². The Bertz CT molecular complexity index is 825. The van der Waals surface area contributed by atoms with Crippen LogP contribution in [0.25, 0.3) is 0 Å². The molecule has 1 heterocycles. The molecule has 2 rings (SSSR count). The van der Waals surface area contributed by atoms with E-state index in [9.17, 15) is 32.9 Å². The Morgan fingerprint density at radius 2 is 1.96 bits per heavy atom. The predicted molar refractivity (Wildman–Crippen MR) is 76.3 cm³/mol. The summed E-state index contributed by atoms with van der Waals surface area (Å²) in [6.45, 7) is -0.0698. The third kappa shape index (κ3) is 4.18. The first-order valence-electron chi connectivity index (χ1n) is 6.49. The van der Waals surface area contributed by atoms with Gasteiger partial charge in [-0.25, -0.2) is 0 Å². The van der Waals surface area contributed by atoms with Crippen molar-refractivity contribution < 1.29 is 22.9 Å². The zero-order valence-electron chi connectivity index (χ0n) is 11.9. The van der Waals surface area contributed by atoms with Crippen LogP contribution in [0.15, 0.2) is 41.3 Å². The maximum absolute atomic E-state index is 12.8.